The van der Waals surface area contributed by atoms with Gasteiger partial charge in [-0.15, -0.1) is 0 Å². The third-order valence-electron chi connectivity index (χ3n) is 5.11. The molecule has 1 aliphatic heterocycles. The van der Waals surface area contributed by atoms with Crippen LogP contribution in [-0.2, 0) is 21.5 Å². The zero-order chi connectivity index (χ0) is 23.5. The first-order valence-electron chi connectivity index (χ1n) is 9.98. The standard InChI is InChI=1S/C20H21N3O3.C3H5NO2/c1-20(2,17-9-15-16(26-17)6-7-18(21)22-15)11-23-10-12-4-5-13(25-3)8-14(12)19(23)24;1-3(6)4-2-5/h4-9H,10-11H2,1-3H3,(H2,21,22);2H,1H3,(H,4,5,6). The lowest BCUT2D eigenvalue weighted by molar-refractivity contribution is -0.123. The minimum absolute atomic E-state index is 0.0189. The second-order valence-corrected chi connectivity index (χ2v) is 8.12. The van der Waals surface area contributed by atoms with Crippen LogP contribution in [0.2, 0.25) is 0 Å². The molecule has 4 rings (SSSR count). The molecular weight excluding hydrogens is 412 g/mol. The van der Waals surface area contributed by atoms with E-state index in [9.17, 15) is 14.4 Å². The first kappa shape index (κ1) is 22.8. The molecule has 0 saturated heterocycles. The number of hydrogen-bond donors (Lipinski definition) is 2. The van der Waals surface area contributed by atoms with E-state index in [2.05, 4.69) is 18.8 Å². The van der Waals surface area contributed by atoms with Crippen LogP contribution in [0.4, 0.5) is 5.82 Å². The van der Waals surface area contributed by atoms with Crippen molar-refractivity contribution in [2.75, 3.05) is 19.4 Å². The second kappa shape index (κ2) is 9.09. The van der Waals surface area contributed by atoms with E-state index in [1.54, 1.807) is 19.2 Å². The number of nitrogens with zero attached hydrogens (tertiary/aromatic N) is 2. The number of aromatic nitrogens is 1. The predicted molar refractivity (Wildman–Crippen MR) is 119 cm³/mol. The van der Waals surface area contributed by atoms with Gasteiger partial charge in [-0.3, -0.25) is 19.7 Å². The van der Waals surface area contributed by atoms with Gasteiger partial charge in [-0.25, -0.2) is 4.98 Å². The number of amides is 3. The number of anilines is 1. The number of benzene rings is 1. The highest BCUT2D eigenvalue weighted by Gasteiger charge is 2.35. The van der Waals surface area contributed by atoms with Crippen molar-refractivity contribution in [1.82, 2.24) is 15.2 Å². The molecular formula is C23H26N4O5. The molecule has 0 atom stereocenters. The Balaban J connectivity index is 0.000000427. The van der Waals surface area contributed by atoms with E-state index in [4.69, 9.17) is 14.9 Å². The number of carbonyl (C=O) groups excluding carboxylic acids is 3. The quantitative estimate of drug-likeness (QED) is 0.586. The monoisotopic (exact) mass is 438 g/mol. The van der Waals surface area contributed by atoms with Crippen LogP contribution in [0.15, 0.2) is 40.8 Å². The number of pyridine rings is 1. The van der Waals surface area contributed by atoms with Gasteiger partial charge >= 0.3 is 0 Å². The summed E-state index contributed by atoms with van der Waals surface area (Å²) in [6.45, 7) is 6.52. The Morgan fingerprint density at radius 1 is 1.31 bits per heavy atom. The number of ether oxygens (including phenoxy) is 1. The highest BCUT2D eigenvalue weighted by atomic mass is 16.5. The Morgan fingerprint density at radius 2 is 2.06 bits per heavy atom. The molecule has 0 unspecified atom stereocenters. The van der Waals surface area contributed by atoms with E-state index in [1.807, 2.05) is 34.5 Å². The Hall–Kier alpha value is -3.88. The number of furan rings is 1. The SMILES string of the molecule is CC(=O)NC=O.COc1ccc2c(c1)C(=O)N(CC(C)(C)c1cc3nc(N)ccc3o1)C2. The van der Waals surface area contributed by atoms with Gasteiger partial charge in [0.1, 0.15) is 22.8 Å². The van der Waals surface area contributed by atoms with Gasteiger partial charge in [0, 0.05) is 37.1 Å². The van der Waals surface area contributed by atoms with Crippen LogP contribution in [0.25, 0.3) is 11.1 Å². The molecule has 0 spiro atoms. The summed E-state index contributed by atoms with van der Waals surface area (Å²) in [7, 11) is 1.60. The molecule has 9 nitrogen and oxygen atoms in total. The number of nitrogens with one attached hydrogen (secondary N) is 1. The van der Waals surface area contributed by atoms with Crippen LogP contribution in [0.5, 0.6) is 5.75 Å². The van der Waals surface area contributed by atoms with Crippen LogP contribution in [0.1, 0.15) is 42.5 Å². The van der Waals surface area contributed by atoms with Crippen LogP contribution in [0, 0.1) is 0 Å². The van der Waals surface area contributed by atoms with Crippen LogP contribution in [-0.4, -0.2) is 41.8 Å². The zero-order valence-corrected chi connectivity index (χ0v) is 18.5. The van der Waals surface area contributed by atoms with E-state index < -0.39 is 0 Å². The molecule has 3 aromatic rings. The molecule has 3 N–H and O–H groups in total. The van der Waals surface area contributed by atoms with E-state index in [-0.39, 0.29) is 17.2 Å². The maximum atomic E-state index is 12.8. The largest absolute Gasteiger partial charge is 0.497 e. The molecule has 0 fully saturated rings. The topological polar surface area (TPSA) is 128 Å². The highest BCUT2D eigenvalue weighted by molar-refractivity contribution is 5.98. The Morgan fingerprint density at radius 3 is 2.69 bits per heavy atom. The zero-order valence-electron chi connectivity index (χ0n) is 18.5. The molecule has 0 aliphatic carbocycles. The molecule has 168 valence electrons. The lowest BCUT2D eigenvalue weighted by Gasteiger charge is -2.28. The highest BCUT2D eigenvalue weighted by Crippen LogP contribution is 2.33. The van der Waals surface area contributed by atoms with Gasteiger partial charge in [0.15, 0.2) is 5.58 Å². The number of nitrogens with two attached hydrogens (primary N) is 1. The van der Waals surface area contributed by atoms with E-state index in [1.165, 1.54) is 6.92 Å². The number of nitrogen functional groups attached to an aromatic ring is 1. The summed E-state index contributed by atoms with van der Waals surface area (Å²) in [6, 6.07) is 11.1. The summed E-state index contributed by atoms with van der Waals surface area (Å²) in [5, 5.41) is 1.89. The Kier molecular flexibility index (Phi) is 6.47. The maximum Gasteiger partial charge on any atom is 0.254 e. The molecule has 3 heterocycles. The fraction of sp³-hybridized carbons (Fsp3) is 0.304. The molecule has 0 radical (unpaired) electrons. The van der Waals surface area contributed by atoms with E-state index in [0.717, 1.165) is 16.8 Å². The number of methoxy groups -OCH3 is 1. The number of fused-ring (bicyclic) bond motifs is 2. The van der Waals surface area contributed by atoms with Crippen LogP contribution in [0.3, 0.4) is 0 Å². The summed E-state index contributed by atoms with van der Waals surface area (Å²) in [5.74, 6) is 1.63. The van der Waals surface area contributed by atoms with Crippen molar-refractivity contribution in [3.63, 3.8) is 0 Å². The fourth-order valence-electron chi connectivity index (χ4n) is 3.51. The summed E-state index contributed by atoms with van der Waals surface area (Å²) in [5.41, 5.74) is 8.54. The molecule has 0 bridgehead atoms. The van der Waals surface area contributed by atoms with Crippen molar-refractivity contribution in [2.24, 2.45) is 0 Å². The molecule has 1 aliphatic rings. The summed E-state index contributed by atoms with van der Waals surface area (Å²) in [4.78, 5) is 37.9. The minimum atomic E-state index is -0.364. The van der Waals surface area contributed by atoms with Crippen molar-refractivity contribution >= 4 is 35.1 Å². The van der Waals surface area contributed by atoms with E-state index in [0.29, 0.717) is 42.2 Å². The van der Waals surface area contributed by atoms with Gasteiger partial charge in [-0.2, -0.15) is 0 Å². The third kappa shape index (κ3) is 4.88. The first-order valence-corrected chi connectivity index (χ1v) is 9.98. The van der Waals surface area contributed by atoms with Crippen LogP contribution < -0.4 is 15.8 Å². The van der Waals surface area contributed by atoms with Gasteiger partial charge in [0.2, 0.25) is 12.3 Å². The van der Waals surface area contributed by atoms with Gasteiger partial charge < -0.3 is 19.8 Å². The third-order valence-corrected chi connectivity index (χ3v) is 5.11. The number of imide groups is 1. The lowest BCUT2D eigenvalue weighted by atomic mass is 9.89. The van der Waals surface area contributed by atoms with Gasteiger partial charge in [-0.05, 0) is 29.8 Å². The molecule has 3 amide bonds. The number of hydrogen-bond acceptors (Lipinski definition) is 7. The fourth-order valence-corrected chi connectivity index (χ4v) is 3.51. The predicted octanol–water partition coefficient (Wildman–Crippen LogP) is 2.63. The summed E-state index contributed by atoms with van der Waals surface area (Å²) >= 11 is 0. The summed E-state index contributed by atoms with van der Waals surface area (Å²) < 4.78 is 11.2. The lowest BCUT2D eigenvalue weighted by Crippen LogP contribution is -2.37. The van der Waals surface area contributed by atoms with Gasteiger partial charge in [-0.1, -0.05) is 19.9 Å². The van der Waals surface area contributed by atoms with Crippen LogP contribution >= 0.6 is 0 Å². The van der Waals surface area contributed by atoms with Crippen molar-refractivity contribution in [3.05, 3.63) is 53.3 Å². The Labute approximate surface area is 185 Å². The minimum Gasteiger partial charge on any atom is -0.497 e. The van der Waals surface area contributed by atoms with Crippen molar-refractivity contribution in [3.8, 4) is 5.75 Å². The molecule has 32 heavy (non-hydrogen) atoms. The van der Waals surface area contributed by atoms with Gasteiger partial charge in [0.25, 0.3) is 5.91 Å². The van der Waals surface area contributed by atoms with Crippen molar-refractivity contribution in [1.29, 1.82) is 0 Å². The average molecular weight is 438 g/mol. The maximum absolute atomic E-state index is 12.8. The molecule has 0 saturated carbocycles. The number of carbonyl (C=O) groups is 3. The molecule has 9 heteroatoms. The molecule has 2 aromatic heterocycles. The van der Waals surface area contributed by atoms with Crippen molar-refractivity contribution < 1.29 is 23.5 Å². The van der Waals surface area contributed by atoms with E-state index >= 15 is 0 Å². The van der Waals surface area contributed by atoms with Crippen molar-refractivity contribution in [2.45, 2.75) is 32.7 Å². The Bertz CT molecular complexity index is 1170. The smallest absolute Gasteiger partial charge is 0.254 e. The normalized spacial score (nSPS) is 12.8. The first-order chi connectivity index (χ1) is 15.1. The van der Waals surface area contributed by atoms with Gasteiger partial charge in [0.05, 0.1) is 7.11 Å². The summed E-state index contributed by atoms with van der Waals surface area (Å²) in [6.07, 6.45) is 0.350. The number of rotatable bonds is 5. The second-order valence-electron chi connectivity index (χ2n) is 8.12. The average Bonchev–Trinajstić information content (AvgIpc) is 3.29. The molecule has 1 aromatic carbocycles.